The van der Waals surface area contributed by atoms with Crippen LogP contribution in [0.3, 0.4) is 0 Å². The van der Waals surface area contributed by atoms with E-state index < -0.39 is 5.92 Å². The summed E-state index contributed by atoms with van der Waals surface area (Å²) in [6.45, 7) is 4.22. The molecule has 1 rings (SSSR count). The van der Waals surface area contributed by atoms with Crippen LogP contribution in [0.2, 0.25) is 0 Å². The molecule has 0 atom stereocenters. The van der Waals surface area contributed by atoms with Gasteiger partial charge in [-0.15, -0.1) is 0 Å². The Morgan fingerprint density at radius 2 is 1.75 bits per heavy atom. The number of alkyl halides is 2. The molecule has 1 nitrogen and oxygen atoms in total. The summed E-state index contributed by atoms with van der Waals surface area (Å²) < 4.78 is 26.9. The van der Waals surface area contributed by atoms with Crippen molar-refractivity contribution in [3.8, 4) is 0 Å². The van der Waals surface area contributed by atoms with Crippen molar-refractivity contribution in [1.82, 2.24) is 0 Å². The Morgan fingerprint density at radius 3 is 2.19 bits per heavy atom. The lowest BCUT2D eigenvalue weighted by atomic mass is 9.99. The van der Waals surface area contributed by atoms with E-state index in [1.54, 1.807) is 12.1 Å². The molecule has 0 heterocycles. The smallest absolute Gasteiger partial charge is 0.274 e. The minimum absolute atomic E-state index is 0.000740. The molecule has 16 heavy (non-hydrogen) atoms. The van der Waals surface area contributed by atoms with E-state index in [1.165, 1.54) is 12.1 Å². The van der Waals surface area contributed by atoms with Crippen LogP contribution >= 0.6 is 0 Å². The highest BCUT2D eigenvalue weighted by Crippen LogP contribution is 2.31. The van der Waals surface area contributed by atoms with Gasteiger partial charge in [-0.05, 0) is 24.4 Å². The first-order valence-corrected chi connectivity index (χ1v) is 5.63. The summed E-state index contributed by atoms with van der Waals surface area (Å²) in [5, 5.41) is 0. The van der Waals surface area contributed by atoms with E-state index in [4.69, 9.17) is 5.73 Å². The molecule has 0 saturated carbocycles. The molecule has 90 valence electrons. The van der Waals surface area contributed by atoms with Gasteiger partial charge in [0.05, 0.1) is 0 Å². The van der Waals surface area contributed by atoms with E-state index in [9.17, 15) is 8.78 Å². The molecule has 0 bridgehead atoms. The normalized spacial score (nSPS) is 12.1. The maximum atomic E-state index is 13.5. The van der Waals surface area contributed by atoms with Crippen LogP contribution < -0.4 is 5.73 Å². The van der Waals surface area contributed by atoms with Crippen LogP contribution in [0.25, 0.3) is 0 Å². The third-order valence-electron chi connectivity index (χ3n) is 2.48. The number of halogens is 2. The van der Waals surface area contributed by atoms with Crippen molar-refractivity contribution in [2.24, 2.45) is 11.7 Å². The highest BCUT2D eigenvalue weighted by atomic mass is 19.3. The third kappa shape index (κ3) is 3.56. The fraction of sp³-hybridized carbons (Fsp3) is 0.538. The first-order valence-electron chi connectivity index (χ1n) is 5.63. The molecule has 0 aliphatic rings. The van der Waals surface area contributed by atoms with Crippen LogP contribution in [-0.2, 0) is 12.3 Å². The zero-order chi connectivity index (χ0) is 12.2. The van der Waals surface area contributed by atoms with Crippen molar-refractivity contribution in [2.75, 3.05) is 6.54 Å². The van der Waals surface area contributed by atoms with Gasteiger partial charge in [0.2, 0.25) is 0 Å². The van der Waals surface area contributed by atoms with Crippen molar-refractivity contribution >= 4 is 0 Å². The molecule has 1 aromatic rings. The van der Waals surface area contributed by atoms with Crippen molar-refractivity contribution in [1.29, 1.82) is 0 Å². The SMILES string of the molecule is CC(C)Cc1ccc(C(F)(F)CCN)cc1. The number of benzene rings is 1. The zero-order valence-electron chi connectivity index (χ0n) is 9.84. The summed E-state index contributed by atoms with van der Waals surface area (Å²) in [5.74, 6) is -2.26. The van der Waals surface area contributed by atoms with E-state index in [0.29, 0.717) is 5.92 Å². The van der Waals surface area contributed by atoms with E-state index in [0.717, 1.165) is 12.0 Å². The predicted octanol–water partition coefficient (Wildman–Crippen LogP) is 3.33. The lowest BCUT2D eigenvalue weighted by Gasteiger charge is -2.16. The van der Waals surface area contributed by atoms with Gasteiger partial charge in [-0.25, -0.2) is 8.78 Å². The van der Waals surface area contributed by atoms with E-state index in [2.05, 4.69) is 13.8 Å². The maximum Gasteiger partial charge on any atom is 0.274 e. The number of hydrogen-bond acceptors (Lipinski definition) is 1. The number of hydrogen-bond donors (Lipinski definition) is 1. The molecular weight excluding hydrogens is 208 g/mol. The molecule has 2 N–H and O–H groups in total. The van der Waals surface area contributed by atoms with Crippen LogP contribution in [0.15, 0.2) is 24.3 Å². The summed E-state index contributed by atoms with van der Waals surface area (Å²) in [4.78, 5) is 0. The van der Waals surface area contributed by atoms with E-state index >= 15 is 0 Å². The van der Waals surface area contributed by atoms with Gasteiger partial charge >= 0.3 is 0 Å². The van der Waals surface area contributed by atoms with Crippen molar-refractivity contribution in [2.45, 2.75) is 32.6 Å². The largest absolute Gasteiger partial charge is 0.330 e. The van der Waals surface area contributed by atoms with Crippen LogP contribution in [-0.4, -0.2) is 6.54 Å². The average molecular weight is 227 g/mol. The van der Waals surface area contributed by atoms with Crippen molar-refractivity contribution in [3.63, 3.8) is 0 Å². The van der Waals surface area contributed by atoms with Gasteiger partial charge in [0, 0.05) is 12.0 Å². The quantitative estimate of drug-likeness (QED) is 0.820. The highest BCUT2D eigenvalue weighted by molar-refractivity contribution is 5.26. The second kappa shape index (κ2) is 5.39. The standard InChI is InChI=1S/C13H19F2N/c1-10(2)9-11-3-5-12(6-4-11)13(14,15)7-8-16/h3-6,10H,7-9,16H2,1-2H3. The summed E-state index contributed by atoms with van der Waals surface area (Å²) in [6, 6.07) is 6.57. The average Bonchev–Trinajstić information content (AvgIpc) is 2.17. The van der Waals surface area contributed by atoms with E-state index in [-0.39, 0.29) is 18.5 Å². The molecule has 0 spiro atoms. The molecule has 0 radical (unpaired) electrons. The molecule has 0 aliphatic heterocycles. The van der Waals surface area contributed by atoms with Crippen LogP contribution in [0, 0.1) is 5.92 Å². The van der Waals surface area contributed by atoms with Gasteiger partial charge in [0.1, 0.15) is 0 Å². The van der Waals surface area contributed by atoms with Crippen LogP contribution in [0.4, 0.5) is 8.78 Å². The number of nitrogens with two attached hydrogens (primary N) is 1. The summed E-state index contributed by atoms with van der Waals surface area (Å²) >= 11 is 0. The zero-order valence-corrected chi connectivity index (χ0v) is 9.84. The first-order chi connectivity index (χ1) is 7.45. The second-order valence-electron chi connectivity index (χ2n) is 4.54. The third-order valence-corrected chi connectivity index (χ3v) is 2.48. The Balaban J connectivity index is 2.78. The Bertz CT molecular complexity index is 317. The molecule has 0 aliphatic carbocycles. The molecule has 3 heteroatoms. The summed E-state index contributed by atoms with van der Waals surface area (Å²) in [6.07, 6.45) is 0.624. The van der Waals surface area contributed by atoms with Crippen molar-refractivity contribution < 1.29 is 8.78 Å². The Labute approximate surface area is 95.7 Å². The Hall–Kier alpha value is -0.960. The van der Waals surface area contributed by atoms with Gasteiger partial charge in [-0.2, -0.15) is 0 Å². The molecule has 0 fully saturated rings. The van der Waals surface area contributed by atoms with Crippen LogP contribution in [0.1, 0.15) is 31.4 Å². The summed E-state index contributed by atoms with van der Waals surface area (Å²) in [7, 11) is 0. The highest BCUT2D eigenvalue weighted by Gasteiger charge is 2.29. The molecule has 0 aromatic heterocycles. The Kier molecular flexibility index (Phi) is 4.42. The minimum atomic E-state index is -2.80. The van der Waals surface area contributed by atoms with Gasteiger partial charge < -0.3 is 5.73 Å². The predicted molar refractivity (Wildman–Crippen MR) is 62.5 cm³/mol. The Morgan fingerprint density at radius 1 is 1.19 bits per heavy atom. The fourth-order valence-corrected chi connectivity index (χ4v) is 1.68. The molecule has 0 saturated heterocycles. The van der Waals surface area contributed by atoms with Crippen molar-refractivity contribution in [3.05, 3.63) is 35.4 Å². The number of rotatable bonds is 5. The van der Waals surface area contributed by atoms with E-state index in [1.807, 2.05) is 0 Å². The second-order valence-corrected chi connectivity index (χ2v) is 4.54. The fourth-order valence-electron chi connectivity index (χ4n) is 1.68. The minimum Gasteiger partial charge on any atom is -0.330 e. The lowest BCUT2D eigenvalue weighted by Crippen LogP contribution is -2.18. The molecule has 1 aromatic carbocycles. The van der Waals surface area contributed by atoms with Crippen LogP contribution in [0.5, 0.6) is 0 Å². The monoisotopic (exact) mass is 227 g/mol. The van der Waals surface area contributed by atoms with Gasteiger partial charge in [-0.1, -0.05) is 38.1 Å². The maximum absolute atomic E-state index is 13.5. The van der Waals surface area contributed by atoms with Gasteiger partial charge in [0.25, 0.3) is 5.92 Å². The summed E-state index contributed by atoms with van der Waals surface area (Å²) in [5.41, 5.74) is 6.33. The topological polar surface area (TPSA) is 26.0 Å². The lowest BCUT2D eigenvalue weighted by molar-refractivity contribution is -0.0107. The molecule has 0 amide bonds. The van der Waals surface area contributed by atoms with Gasteiger partial charge in [-0.3, -0.25) is 0 Å². The van der Waals surface area contributed by atoms with Gasteiger partial charge in [0.15, 0.2) is 0 Å². The first kappa shape index (κ1) is 13.1. The molecular formula is C13H19F2N. The molecule has 0 unspecified atom stereocenters.